The Balaban J connectivity index is 1.93. The minimum Gasteiger partial charge on any atom is -0.335 e. The molecule has 21 heavy (non-hydrogen) atoms. The zero-order valence-electron chi connectivity index (χ0n) is 13.3. The molecule has 0 saturated carbocycles. The van der Waals surface area contributed by atoms with Gasteiger partial charge in [-0.3, -0.25) is 4.68 Å². The first-order valence-corrected chi connectivity index (χ1v) is 7.88. The number of nitrogens with zero attached hydrogens (tertiary/aromatic N) is 2. The maximum absolute atomic E-state index is 12.0. The molecule has 1 aliphatic rings. The number of urea groups is 1. The molecular weight excluding hydrogens is 264 g/mol. The zero-order valence-corrected chi connectivity index (χ0v) is 13.3. The molecule has 2 N–H and O–H groups in total. The van der Waals surface area contributed by atoms with Crippen LogP contribution >= 0.6 is 0 Å². The Hall–Kier alpha value is -1.78. The third kappa shape index (κ3) is 3.86. The minimum absolute atomic E-state index is 0.0803. The van der Waals surface area contributed by atoms with E-state index in [0.29, 0.717) is 6.54 Å². The van der Waals surface area contributed by atoms with Crippen molar-refractivity contribution in [3.63, 3.8) is 0 Å². The maximum Gasteiger partial charge on any atom is 0.315 e. The molecule has 1 atom stereocenters. The molecule has 116 valence electrons. The molecular formula is C16H26N4O. The normalized spacial score (nSPS) is 17.8. The highest BCUT2D eigenvalue weighted by Gasteiger charge is 2.16. The van der Waals surface area contributed by atoms with Gasteiger partial charge in [0.15, 0.2) is 0 Å². The van der Waals surface area contributed by atoms with E-state index in [1.807, 2.05) is 11.7 Å². The van der Waals surface area contributed by atoms with Gasteiger partial charge >= 0.3 is 6.03 Å². The van der Waals surface area contributed by atoms with Gasteiger partial charge in [0.1, 0.15) is 0 Å². The van der Waals surface area contributed by atoms with Crippen molar-refractivity contribution in [1.29, 1.82) is 0 Å². The highest BCUT2D eigenvalue weighted by molar-refractivity contribution is 5.74. The van der Waals surface area contributed by atoms with E-state index in [1.165, 1.54) is 11.3 Å². The summed E-state index contributed by atoms with van der Waals surface area (Å²) in [6.45, 7) is 4.77. The minimum atomic E-state index is -0.0803. The van der Waals surface area contributed by atoms with Crippen LogP contribution in [0.3, 0.4) is 0 Å². The fraction of sp³-hybridized carbons (Fsp3) is 0.625. The maximum atomic E-state index is 12.0. The second-order valence-electron chi connectivity index (χ2n) is 5.51. The summed E-state index contributed by atoms with van der Waals surface area (Å²) in [5.41, 5.74) is 3.45. The zero-order chi connectivity index (χ0) is 15.2. The average Bonchev–Trinajstić information content (AvgIpc) is 2.81. The molecule has 5 nitrogen and oxygen atoms in total. The fourth-order valence-corrected chi connectivity index (χ4v) is 2.92. The van der Waals surface area contributed by atoms with E-state index in [4.69, 9.17) is 0 Å². The predicted molar refractivity (Wildman–Crippen MR) is 84.1 cm³/mol. The first kappa shape index (κ1) is 15.6. The topological polar surface area (TPSA) is 59.0 Å². The van der Waals surface area contributed by atoms with Gasteiger partial charge in [0, 0.05) is 30.9 Å². The van der Waals surface area contributed by atoms with E-state index >= 15 is 0 Å². The second kappa shape index (κ2) is 7.29. The van der Waals surface area contributed by atoms with Crippen LogP contribution < -0.4 is 10.6 Å². The van der Waals surface area contributed by atoms with Crippen molar-refractivity contribution in [3.8, 4) is 0 Å². The molecule has 0 aromatic carbocycles. The molecule has 0 bridgehead atoms. The largest absolute Gasteiger partial charge is 0.335 e. The van der Waals surface area contributed by atoms with E-state index in [2.05, 4.69) is 41.7 Å². The summed E-state index contributed by atoms with van der Waals surface area (Å²) in [5.74, 6) is 0. The van der Waals surface area contributed by atoms with Gasteiger partial charge in [-0.05, 0) is 32.1 Å². The standard InChI is InChI=1S/C16H26N4O/c1-4-14-13(15(5-2)20(3)19-14)11-17-16(21)18-12-9-7-6-8-10-12/h6-7,12H,4-5,8-11H2,1-3H3,(H2,17,18,21). The monoisotopic (exact) mass is 290 g/mol. The number of carbonyl (C=O) groups excluding carboxylic acids is 1. The van der Waals surface area contributed by atoms with Crippen molar-refractivity contribution in [2.75, 3.05) is 0 Å². The summed E-state index contributed by atoms with van der Waals surface area (Å²) < 4.78 is 1.93. The summed E-state index contributed by atoms with van der Waals surface area (Å²) in [6.07, 6.45) is 9.13. The lowest BCUT2D eigenvalue weighted by Crippen LogP contribution is -2.42. The first-order chi connectivity index (χ1) is 10.2. The van der Waals surface area contributed by atoms with Gasteiger partial charge < -0.3 is 10.6 Å². The molecule has 0 spiro atoms. The molecule has 2 amide bonds. The van der Waals surface area contributed by atoms with Crippen LogP contribution in [0.2, 0.25) is 0 Å². The smallest absolute Gasteiger partial charge is 0.315 e. The quantitative estimate of drug-likeness (QED) is 0.818. The van der Waals surface area contributed by atoms with Crippen molar-refractivity contribution >= 4 is 6.03 Å². The Labute approximate surface area is 126 Å². The van der Waals surface area contributed by atoms with E-state index < -0.39 is 0 Å². The Morgan fingerprint density at radius 3 is 2.81 bits per heavy atom. The Morgan fingerprint density at radius 1 is 1.38 bits per heavy atom. The van der Waals surface area contributed by atoms with Crippen LogP contribution in [0, 0.1) is 0 Å². The number of allylic oxidation sites excluding steroid dienone is 1. The second-order valence-corrected chi connectivity index (χ2v) is 5.51. The van der Waals surface area contributed by atoms with Crippen molar-refractivity contribution in [3.05, 3.63) is 29.1 Å². The molecule has 0 saturated heterocycles. The van der Waals surface area contributed by atoms with Gasteiger partial charge in [-0.25, -0.2) is 4.79 Å². The van der Waals surface area contributed by atoms with Crippen molar-refractivity contribution in [1.82, 2.24) is 20.4 Å². The summed E-state index contributed by atoms with van der Waals surface area (Å²) in [5, 5.41) is 10.6. The van der Waals surface area contributed by atoms with Crippen LogP contribution in [-0.2, 0) is 26.4 Å². The van der Waals surface area contributed by atoms with Crippen LogP contribution in [0.25, 0.3) is 0 Å². The lowest BCUT2D eigenvalue weighted by Gasteiger charge is -2.19. The molecule has 0 fully saturated rings. The van der Waals surface area contributed by atoms with E-state index in [9.17, 15) is 4.79 Å². The van der Waals surface area contributed by atoms with Crippen LogP contribution in [0.15, 0.2) is 12.2 Å². The lowest BCUT2D eigenvalue weighted by atomic mass is 10.0. The Kier molecular flexibility index (Phi) is 5.42. The molecule has 2 rings (SSSR count). The SMILES string of the molecule is CCc1nn(C)c(CC)c1CNC(=O)NC1CC=CCC1. The fourth-order valence-electron chi connectivity index (χ4n) is 2.92. The average molecular weight is 290 g/mol. The Bertz CT molecular complexity index is 519. The van der Waals surface area contributed by atoms with Gasteiger partial charge in [-0.15, -0.1) is 0 Å². The molecule has 0 radical (unpaired) electrons. The summed E-state index contributed by atoms with van der Waals surface area (Å²) in [7, 11) is 1.97. The van der Waals surface area contributed by atoms with Crippen LogP contribution in [0.4, 0.5) is 4.79 Å². The van der Waals surface area contributed by atoms with Gasteiger partial charge in [-0.1, -0.05) is 26.0 Å². The third-order valence-electron chi connectivity index (χ3n) is 4.06. The van der Waals surface area contributed by atoms with Gasteiger partial charge in [0.05, 0.1) is 5.69 Å². The van der Waals surface area contributed by atoms with Crippen LogP contribution in [0.5, 0.6) is 0 Å². The molecule has 5 heteroatoms. The Morgan fingerprint density at radius 2 is 2.19 bits per heavy atom. The third-order valence-corrected chi connectivity index (χ3v) is 4.06. The number of aryl methyl sites for hydroxylation is 2. The van der Waals surface area contributed by atoms with E-state index in [0.717, 1.165) is 37.8 Å². The van der Waals surface area contributed by atoms with Crippen molar-refractivity contribution in [2.45, 2.75) is 58.5 Å². The number of hydrogen-bond acceptors (Lipinski definition) is 2. The number of nitrogens with one attached hydrogen (secondary N) is 2. The number of carbonyl (C=O) groups is 1. The molecule has 1 aromatic heterocycles. The summed E-state index contributed by atoms with van der Waals surface area (Å²) in [4.78, 5) is 12.0. The summed E-state index contributed by atoms with van der Waals surface area (Å²) >= 11 is 0. The van der Waals surface area contributed by atoms with Gasteiger partial charge in [0.25, 0.3) is 0 Å². The highest BCUT2D eigenvalue weighted by Crippen LogP contribution is 2.15. The molecule has 0 aliphatic heterocycles. The van der Waals surface area contributed by atoms with Crippen molar-refractivity contribution in [2.24, 2.45) is 7.05 Å². The number of aromatic nitrogens is 2. The number of hydrogen-bond donors (Lipinski definition) is 2. The number of amides is 2. The van der Waals surface area contributed by atoms with Gasteiger partial charge in [0.2, 0.25) is 0 Å². The first-order valence-electron chi connectivity index (χ1n) is 7.88. The molecule has 1 heterocycles. The molecule has 1 aliphatic carbocycles. The predicted octanol–water partition coefficient (Wildman–Crippen LogP) is 2.45. The summed E-state index contributed by atoms with van der Waals surface area (Å²) in [6, 6.07) is 0.184. The van der Waals surface area contributed by atoms with E-state index in [1.54, 1.807) is 0 Å². The van der Waals surface area contributed by atoms with Gasteiger partial charge in [-0.2, -0.15) is 5.10 Å². The molecule has 1 aromatic rings. The highest BCUT2D eigenvalue weighted by atomic mass is 16.2. The number of rotatable bonds is 5. The molecule has 1 unspecified atom stereocenters. The van der Waals surface area contributed by atoms with Crippen LogP contribution in [0.1, 0.15) is 50.1 Å². The lowest BCUT2D eigenvalue weighted by molar-refractivity contribution is 0.235. The van der Waals surface area contributed by atoms with E-state index in [-0.39, 0.29) is 12.1 Å². The van der Waals surface area contributed by atoms with Crippen LogP contribution in [-0.4, -0.2) is 21.9 Å². The van der Waals surface area contributed by atoms with Crippen molar-refractivity contribution < 1.29 is 4.79 Å².